The van der Waals surface area contributed by atoms with E-state index in [4.69, 9.17) is 0 Å². The average Bonchev–Trinajstić information content (AvgIpc) is 2.25. The van der Waals surface area contributed by atoms with E-state index in [9.17, 15) is 4.79 Å². The number of rotatable bonds is 0. The van der Waals surface area contributed by atoms with Crippen LogP contribution in [0.25, 0.3) is 0 Å². The van der Waals surface area contributed by atoms with E-state index in [1.165, 1.54) is 12.8 Å². The van der Waals surface area contributed by atoms with Gasteiger partial charge in [0.2, 0.25) is 0 Å². The van der Waals surface area contributed by atoms with Crippen LogP contribution in [-0.2, 0) is 12.8 Å². The van der Waals surface area contributed by atoms with E-state index in [0.29, 0.717) is 0 Å². The van der Waals surface area contributed by atoms with Crippen molar-refractivity contribution < 1.29 is 0 Å². The van der Waals surface area contributed by atoms with Gasteiger partial charge in [0.25, 0.3) is 5.56 Å². The molecule has 3 nitrogen and oxygen atoms in total. The van der Waals surface area contributed by atoms with Gasteiger partial charge in [0.1, 0.15) is 0 Å². The van der Waals surface area contributed by atoms with Crippen LogP contribution in [0.2, 0.25) is 0 Å². The second-order valence-electron chi connectivity index (χ2n) is 3.10. The first-order valence-electron chi connectivity index (χ1n) is 4.16. The Hall–Kier alpha value is -0.990. The molecule has 0 saturated heterocycles. The zero-order valence-corrected chi connectivity index (χ0v) is 6.44. The highest BCUT2D eigenvalue weighted by Gasteiger charge is 2.11. The van der Waals surface area contributed by atoms with E-state index in [0.717, 1.165) is 30.5 Å². The summed E-state index contributed by atoms with van der Waals surface area (Å²) in [6.45, 7) is 0. The molecule has 0 bridgehead atoms. The SMILES string of the molecule is O=c1[nH][nH]c2c1CCCCC2. The van der Waals surface area contributed by atoms with E-state index in [1.54, 1.807) is 0 Å². The minimum absolute atomic E-state index is 0.0851. The van der Waals surface area contributed by atoms with E-state index in [-0.39, 0.29) is 5.56 Å². The van der Waals surface area contributed by atoms with E-state index in [2.05, 4.69) is 10.2 Å². The lowest BCUT2D eigenvalue weighted by atomic mass is 10.1. The van der Waals surface area contributed by atoms with Crippen molar-refractivity contribution in [3.8, 4) is 0 Å². The van der Waals surface area contributed by atoms with Gasteiger partial charge in [0.15, 0.2) is 0 Å². The monoisotopic (exact) mass is 152 g/mol. The molecule has 1 heterocycles. The molecule has 0 amide bonds. The molecule has 0 unspecified atom stereocenters. The Morgan fingerprint density at radius 2 is 1.82 bits per heavy atom. The van der Waals surface area contributed by atoms with Crippen LogP contribution in [0, 0.1) is 0 Å². The third kappa shape index (κ3) is 1.11. The highest BCUT2D eigenvalue weighted by molar-refractivity contribution is 5.17. The molecule has 60 valence electrons. The smallest absolute Gasteiger partial charge is 0.267 e. The molecule has 0 aliphatic heterocycles. The molecule has 11 heavy (non-hydrogen) atoms. The molecule has 0 fully saturated rings. The lowest BCUT2D eigenvalue weighted by Crippen LogP contribution is -2.05. The maximum atomic E-state index is 11.1. The molecule has 0 aromatic carbocycles. The normalized spacial score (nSPS) is 17.5. The maximum Gasteiger partial charge on any atom is 0.267 e. The van der Waals surface area contributed by atoms with E-state index < -0.39 is 0 Å². The second kappa shape index (κ2) is 2.57. The van der Waals surface area contributed by atoms with Gasteiger partial charge in [0.05, 0.1) is 0 Å². The van der Waals surface area contributed by atoms with Crippen LogP contribution in [0.5, 0.6) is 0 Å². The highest BCUT2D eigenvalue weighted by atomic mass is 16.1. The highest BCUT2D eigenvalue weighted by Crippen LogP contribution is 2.14. The van der Waals surface area contributed by atoms with Crippen LogP contribution in [0.3, 0.4) is 0 Å². The van der Waals surface area contributed by atoms with Crippen LogP contribution in [0.15, 0.2) is 4.79 Å². The van der Waals surface area contributed by atoms with E-state index in [1.807, 2.05) is 0 Å². The summed E-state index contributed by atoms with van der Waals surface area (Å²) in [5.74, 6) is 0. The van der Waals surface area contributed by atoms with Crippen LogP contribution >= 0.6 is 0 Å². The van der Waals surface area contributed by atoms with E-state index >= 15 is 0 Å². The number of hydrogen-bond donors (Lipinski definition) is 2. The summed E-state index contributed by atoms with van der Waals surface area (Å²) < 4.78 is 0. The fourth-order valence-corrected chi connectivity index (χ4v) is 1.68. The first-order valence-corrected chi connectivity index (χ1v) is 4.16. The number of fused-ring (bicyclic) bond motifs is 1. The molecule has 0 radical (unpaired) electrons. The fraction of sp³-hybridized carbons (Fsp3) is 0.625. The van der Waals surface area contributed by atoms with Gasteiger partial charge >= 0.3 is 0 Å². The van der Waals surface area contributed by atoms with Crippen molar-refractivity contribution in [3.05, 3.63) is 21.6 Å². The molecule has 1 aromatic rings. The van der Waals surface area contributed by atoms with Gasteiger partial charge < -0.3 is 5.10 Å². The molecule has 2 N–H and O–H groups in total. The fourth-order valence-electron chi connectivity index (χ4n) is 1.68. The van der Waals surface area contributed by atoms with Crippen LogP contribution in [-0.4, -0.2) is 10.2 Å². The molecule has 0 atom stereocenters. The van der Waals surface area contributed by atoms with Crippen molar-refractivity contribution in [1.82, 2.24) is 10.2 Å². The Bertz CT molecular complexity index is 297. The Labute approximate surface area is 64.8 Å². The third-order valence-electron chi connectivity index (χ3n) is 2.32. The van der Waals surface area contributed by atoms with Gasteiger partial charge in [0, 0.05) is 11.3 Å². The zero-order chi connectivity index (χ0) is 7.68. The Kier molecular flexibility index (Phi) is 1.56. The van der Waals surface area contributed by atoms with Crippen LogP contribution in [0.1, 0.15) is 30.5 Å². The molecule has 1 aliphatic rings. The first-order chi connectivity index (χ1) is 5.38. The number of nitrogens with one attached hydrogen (secondary N) is 2. The summed E-state index contributed by atoms with van der Waals surface area (Å²) >= 11 is 0. The van der Waals surface area contributed by atoms with Gasteiger partial charge in [-0.25, -0.2) is 0 Å². The van der Waals surface area contributed by atoms with Gasteiger partial charge in [-0.1, -0.05) is 6.42 Å². The summed E-state index contributed by atoms with van der Waals surface area (Å²) in [7, 11) is 0. The number of aromatic nitrogens is 2. The summed E-state index contributed by atoms with van der Waals surface area (Å²) in [6, 6.07) is 0. The third-order valence-corrected chi connectivity index (χ3v) is 2.32. The Balaban J connectivity index is 2.43. The zero-order valence-electron chi connectivity index (χ0n) is 6.44. The maximum absolute atomic E-state index is 11.1. The standard InChI is InChI=1S/C8H12N2O/c11-8-6-4-2-1-3-5-7(6)9-10-8/h1-5H2,(H2,9,10,11). The second-order valence-corrected chi connectivity index (χ2v) is 3.10. The van der Waals surface area contributed by atoms with Crippen molar-refractivity contribution >= 4 is 0 Å². The minimum atomic E-state index is 0.0851. The van der Waals surface area contributed by atoms with Gasteiger partial charge in [-0.05, 0) is 25.7 Å². The lowest BCUT2D eigenvalue weighted by molar-refractivity contribution is 0.700. The molecular weight excluding hydrogens is 140 g/mol. The molecule has 1 aromatic heterocycles. The first kappa shape index (κ1) is 6.70. The van der Waals surface area contributed by atoms with Crippen molar-refractivity contribution in [2.24, 2.45) is 0 Å². The largest absolute Gasteiger partial charge is 0.302 e. The summed E-state index contributed by atoms with van der Waals surface area (Å²) in [5.41, 5.74) is 2.21. The van der Waals surface area contributed by atoms with Crippen molar-refractivity contribution in [2.45, 2.75) is 32.1 Å². The van der Waals surface area contributed by atoms with Gasteiger partial charge in [-0.2, -0.15) is 0 Å². The number of hydrogen-bond acceptors (Lipinski definition) is 1. The Morgan fingerprint density at radius 1 is 1.00 bits per heavy atom. The topological polar surface area (TPSA) is 48.6 Å². The van der Waals surface area contributed by atoms with Gasteiger partial charge in [-0.3, -0.25) is 9.89 Å². The van der Waals surface area contributed by atoms with Crippen LogP contribution < -0.4 is 5.56 Å². The predicted octanol–water partition coefficient (Wildman–Crippen LogP) is 0.972. The van der Waals surface area contributed by atoms with Crippen LogP contribution in [0.4, 0.5) is 0 Å². The molecule has 0 saturated carbocycles. The van der Waals surface area contributed by atoms with Crippen molar-refractivity contribution in [2.75, 3.05) is 0 Å². The van der Waals surface area contributed by atoms with Crippen molar-refractivity contribution in [1.29, 1.82) is 0 Å². The Morgan fingerprint density at radius 3 is 2.73 bits per heavy atom. The molecule has 3 heteroatoms. The summed E-state index contributed by atoms with van der Waals surface area (Å²) in [5, 5.41) is 5.55. The summed E-state index contributed by atoms with van der Waals surface area (Å²) in [4.78, 5) is 11.1. The quantitative estimate of drug-likeness (QED) is 0.535. The molecule has 1 aliphatic carbocycles. The predicted molar refractivity (Wildman–Crippen MR) is 42.7 cm³/mol. The molecule has 0 spiro atoms. The number of aromatic amines is 2. The molecule has 2 rings (SSSR count). The number of aryl methyl sites for hydroxylation is 1. The molecular formula is C8H12N2O. The average molecular weight is 152 g/mol. The van der Waals surface area contributed by atoms with Crippen molar-refractivity contribution in [3.63, 3.8) is 0 Å². The summed E-state index contributed by atoms with van der Waals surface area (Å²) in [6.07, 6.45) is 5.61. The minimum Gasteiger partial charge on any atom is -0.302 e. The van der Waals surface area contributed by atoms with Gasteiger partial charge in [-0.15, -0.1) is 0 Å². The lowest BCUT2D eigenvalue weighted by Gasteiger charge is -1.91. The number of H-pyrrole nitrogens is 2.